The zero-order chi connectivity index (χ0) is 12.1. The van der Waals surface area contributed by atoms with E-state index in [1.165, 1.54) is 17.4 Å². The van der Waals surface area contributed by atoms with E-state index in [1.807, 2.05) is 17.5 Å². The second-order valence-corrected chi connectivity index (χ2v) is 4.13. The maximum Gasteiger partial charge on any atom is 0.249 e. The van der Waals surface area contributed by atoms with Crippen molar-refractivity contribution < 1.29 is 4.79 Å². The Hall–Kier alpha value is -2.01. The van der Waals surface area contributed by atoms with Gasteiger partial charge in [0.25, 0.3) is 0 Å². The zero-order valence-electron chi connectivity index (χ0n) is 9.25. The molecule has 1 N–H and O–H groups in total. The Balaban J connectivity index is 2.14. The van der Waals surface area contributed by atoms with E-state index in [4.69, 9.17) is 0 Å². The maximum atomic E-state index is 11.3. The fourth-order valence-electron chi connectivity index (χ4n) is 1.28. The number of thiazole rings is 1. The fourth-order valence-corrected chi connectivity index (χ4v) is 2.00. The summed E-state index contributed by atoms with van der Waals surface area (Å²) in [7, 11) is 0. The van der Waals surface area contributed by atoms with E-state index in [9.17, 15) is 4.79 Å². The van der Waals surface area contributed by atoms with Crippen LogP contribution in [0.5, 0.6) is 0 Å². The summed E-state index contributed by atoms with van der Waals surface area (Å²) < 4.78 is 0. The minimum absolute atomic E-state index is 0.167. The Morgan fingerprint density at radius 2 is 2.41 bits per heavy atom. The van der Waals surface area contributed by atoms with Crippen molar-refractivity contribution in [2.75, 3.05) is 5.32 Å². The Morgan fingerprint density at radius 3 is 3.12 bits per heavy atom. The van der Waals surface area contributed by atoms with E-state index in [0.29, 0.717) is 5.13 Å². The van der Waals surface area contributed by atoms with Gasteiger partial charge in [0, 0.05) is 23.3 Å². The Morgan fingerprint density at radius 1 is 1.53 bits per heavy atom. The molecule has 0 aliphatic carbocycles. The van der Waals surface area contributed by atoms with Crippen LogP contribution >= 0.6 is 11.3 Å². The molecule has 0 aromatic carbocycles. The van der Waals surface area contributed by atoms with Gasteiger partial charge in [0.15, 0.2) is 5.13 Å². The standard InChI is InChI=1S/C12H11N3OS/c1-2-4-11(16)15-12-14-10(8-17-12)9-5-3-6-13-7-9/h2-8H,1H3,(H,14,15,16)/b4-2+. The third kappa shape index (κ3) is 2.98. The van der Waals surface area contributed by atoms with Gasteiger partial charge < -0.3 is 0 Å². The molecule has 2 rings (SSSR count). The largest absolute Gasteiger partial charge is 0.298 e. The molecule has 2 heterocycles. The van der Waals surface area contributed by atoms with E-state index in [1.54, 1.807) is 25.4 Å². The molecule has 17 heavy (non-hydrogen) atoms. The molecule has 0 aliphatic heterocycles. The highest BCUT2D eigenvalue weighted by molar-refractivity contribution is 7.14. The van der Waals surface area contributed by atoms with Crippen LogP contribution in [0.1, 0.15) is 6.92 Å². The van der Waals surface area contributed by atoms with Crippen LogP contribution in [0, 0.1) is 0 Å². The molecule has 5 heteroatoms. The molecule has 0 aliphatic rings. The van der Waals surface area contributed by atoms with Crippen LogP contribution in [0.4, 0.5) is 5.13 Å². The summed E-state index contributed by atoms with van der Waals surface area (Å²) in [6.45, 7) is 1.79. The molecule has 0 bridgehead atoms. The van der Waals surface area contributed by atoms with E-state index < -0.39 is 0 Å². The molecular formula is C12H11N3OS. The van der Waals surface area contributed by atoms with Crippen molar-refractivity contribution >= 4 is 22.4 Å². The smallest absolute Gasteiger partial charge is 0.249 e. The molecule has 2 aromatic rings. The summed E-state index contributed by atoms with van der Waals surface area (Å²) in [6, 6.07) is 3.78. The normalized spacial score (nSPS) is 10.6. The first-order valence-electron chi connectivity index (χ1n) is 5.09. The number of nitrogens with zero attached hydrogens (tertiary/aromatic N) is 2. The summed E-state index contributed by atoms with van der Waals surface area (Å²) in [4.78, 5) is 19.7. The number of rotatable bonds is 3. The van der Waals surface area contributed by atoms with Gasteiger partial charge in [0.2, 0.25) is 5.91 Å². The van der Waals surface area contributed by atoms with Crippen LogP contribution in [0.15, 0.2) is 42.1 Å². The molecule has 0 spiro atoms. The lowest BCUT2D eigenvalue weighted by Gasteiger charge is -1.95. The SMILES string of the molecule is C/C=C/C(=O)Nc1nc(-c2cccnc2)cs1. The summed E-state index contributed by atoms with van der Waals surface area (Å²) in [5.74, 6) is -0.167. The van der Waals surface area contributed by atoms with Crippen molar-refractivity contribution in [2.24, 2.45) is 0 Å². The van der Waals surface area contributed by atoms with Crippen LogP contribution in [-0.2, 0) is 4.79 Å². The topological polar surface area (TPSA) is 54.9 Å². The number of anilines is 1. The molecular weight excluding hydrogens is 234 g/mol. The van der Waals surface area contributed by atoms with E-state index in [-0.39, 0.29) is 5.91 Å². The highest BCUT2D eigenvalue weighted by atomic mass is 32.1. The second-order valence-electron chi connectivity index (χ2n) is 3.27. The van der Waals surface area contributed by atoms with Crippen molar-refractivity contribution in [2.45, 2.75) is 6.92 Å². The number of carbonyl (C=O) groups excluding carboxylic acids is 1. The number of carbonyl (C=O) groups is 1. The summed E-state index contributed by atoms with van der Waals surface area (Å²) in [5, 5.41) is 5.18. The minimum Gasteiger partial charge on any atom is -0.298 e. The summed E-state index contributed by atoms with van der Waals surface area (Å²) in [5.41, 5.74) is 1.76. The molecule has 0 radical (unpaired) electrons. The van der Waals surface area contributed by atoms with Crippen molar-refractivity contribution in [3.05, 3.63) is 42.1 Å². The van der Waals surface area contributed by atoms with Gasteiger partial charge in [0.1, 0.15) is 0 Å². The average Bonchev–Trinajstić information content (AvgIpc) is 2.79. The Kier molecular flexibility index (Phi) is 3.62. The number of nitrogens with one attached hydrogen (secondary N) is 1. The van der Waals surface area contributed by atoms with Crippen molar-refractivity contribution in [3.63, 3.8) is 0 Å². The van der Waals surface area contributed by atoms with Gasteiger partial charge in [-0.2, -0.15) is 0 Å². The summed E-state index contributed by atoms with van der Waals surface area (Å²) in [6.07, 6.45) is 6.60. The average molecular weight is 245 g/mol. The van der Waals surface area contributed by atoms with E-state index >= 15 is 0 Å². The first kappa shape index (κ1) is 11.5. The van der Waals surface area contributed by atoms with Crippen LogP contribution < -0.4 is 5.32 Å². The molecule has 0 atom stereocenters. The molecule has 0 unspecified atom stereocenters. The molecule has 0 saturated heterocycles. The number of pyridine rings is 1. The summed E-state index contributed by atoms with van der Waals surface area (Å²) >= 11 is 1.39. The third-order valence-corrected chi connectivity index (χ3v) is 2.77. The highest BCUT2D eigenvalue weighted by Gasteiger charge is 2.05. The molecule has 86 valence electrons. The van der Waals surface area contributed by atoms with Crippen LogP contribution in [0.2, 0.25) is 0 Å². The van der Waals surface area contributed by atoms with Gasteiger partial charge in [-0.05, 0) is 25.1 Å². The number of amides is 1. The molecule has 0 saturated carbocycles. The van der Waals surface area contributed by atoms with E-state index in [0.717, 1.165) is 11.3 Å². The molecule has 4 nitrogen and oxygen atoms in total. The first-order chi connectivity index (χ1) is 8.29. The predicted octanol–water partition coefficient (Wildman–Crippen LogP) is 2.72. The van der Waals surface area contributed by atoms with Gasteiger partial charge in [0.05, 0.1) is 5.69 Å². The second kappa shape index (κ2) is 5.36. The van der Waals surface area contributed by atoms with Gasteiger partial charge >= 0.3 is 0 Å². The van der Waals surface area contributed by atoms with Gasteiger partial charge in [-0.25, -0.2) is 4.98 Å². The van der Waals surface area contributed by atoms with Gasteiger partial charge in [-0.15, -0.1) is 11.3 Å². The lowest BCUT2D eigenvalue weighted by atomic mass is 10.2. The molecule has 0 fully saturated rings. The van der Waals surface area contributed by atoms with Gasteiger partial charge in [-0.1, -0.05) is 6.08 Å². The van der Waals surface area contributed by atoms with Crippen molar-refractivity contribution in [1.29, 1.82) is 0 Å². The van der Waals surface area contributed by atoms with Crippen LogP contribution in [0.3, 0.4) is 0 Å². The number of aromatic nitrogens is 2. The van der Waals surface area contributed by atoms with Crippen molar-refractivity contribution in [1.82, 2.24) is 9.97 Å². The monoisotopic (exact) mass is 245 g/mol. The quantitative estimate of drug-likeness (QED) is 0.846. The maximum absolute atomic E-state index is 11.3. The highest BCUT2D eigenvalue weighted by Crippen LogP contribution is 2.23. The third-order valence-electron chi connectivity index (χ3n) is 2.01. The zero-order valence-corrected chi connectivity index (χ0v) is 10.1. The number of hydrogen-bond donors (Lipinski definition) is 1. The molecule has 2 aromatic heterocycles. The van der Waals surface area contributed by atoms with Crippen LogP contribution in [-0.4, -0.2) is 15.9 Å². The fraction of sp³-hybridized carbons (Fsp3) is 0.0833. The van der Waals surface area contributed by atoms with E-state index in [2.05, 4.69) is 15.3 Å². The number of hydrogen-bond acceptors (Lipinski definition) is 4. The van der Waals surface area contributed by atoms with Crippen molar-refractivity contribution in [3.8, 4) is 11.3 Å². The first-order valence-corrected chi connectivity index (χ1v) is 5.97. The Labute approximate surface area is 103 Å². The predicted molar refractivity (Wildman–Crippen MR) is 68.8 cm³/mol. The minimum atomic E-state index is -0.167. The lowest BCUT2D eigenvalue weighted by molar-refractivity contribution is -0.111. The van der Waals surface area contributed by atoms with Crippen LogP contribution in [0.25, 0.3) is 11.3 Å². The lowest BCUT2D eigenvalue weighted by Crippen LogP contribution is -2.07. The number of allylic oxidation sites excluding steroid dienone is 1. The van der Waals surface area contributed by atoms with Gasteiger partial charge in [-0.3, -0.25) is 15.1 Å². The molecule has 1 amide bonds. The Bertz CT molecular complexity index is 534.